The van der Waals surface area contributed by atoms with Gasteiger partial charge in [-0.15, -0.1) is 0 Å². The Labute approximate surface area is 359 Å². The van der Waals surface area contributed by atoms with E-state index in [-0.39, 0.29) is 0 Å². The van der Waals surface area contributed by atoms with E-state index in [1.807, 2.05) is 36.9 Å². The molecule has 0 atom stereocenters. The molecule has 0 aliphatic rings. The lowest BCUT2D eigenvalue weighted by Gasteiger charge is -2.38. The number of aromatic nitrogens is 2. The molecule has 0 amide bonds. The molecule has 2 aromatic heterocycles. The van der Waals surface area contributed by atoms with E-state index < -0.39 is 8.07 Å². The molecule has 2 heterocycles. The first kappa shape index (κ1) is 37.5. The first-order valence-corrected chi connectivity index (χ1v) is 22.8. The highest BCUT2D eigenvalue weighted by molar-refractivity contribution is 7.20. The Kier molecular flexibility index (Phi) is 10.4. The van der Waals surface area contributed by atoms with Crippen LogP contribution in [-0.2, 0) is 0 Å². The highest BCUT2D eigenvalue weighted by atomic mass is 28.3. The van der Waals surface area contributed by atoms with Crippen molar-refractivity contribution in [3.05, 3.63) is 255 Å². The second-order valence-corrected chi connectivity index (χ2v) is 19.1. The van der Waals surface area contributed by atoms with Crippen LogP contribution in [0.2, 0.25) is 0 Å². The predicted octanol–water partition coefficient (Wildman–Crippen LogP) is 11.9. The second kappa shape index (κ2) is 16.9. The third-order valence-corrected chi connectivity index (χ3v) is 16.6. The minimum atomic E-state index is -3.14. The summed E-state index contributed by atoms with van der Waals surface area (Å²) in [6.07, 6.45) is 7.54. The van der Waals surface area contributed by atoms with Crippen LogP contribution < -0.4 is 20.7 Å². The highest BCUT2D eigenvalue weighted by Gasteiger charge is 2.44. The van der Waals surface area contributed by atoms with Gasteiger partial charge in [-0.1, -0.05) is 218 Å². The molecule has 0 fully saturated rings. The third-order valence-electron chi connectivity index (χ3n) is 11.8. The number of nitrogens with zero attached hydrogens (tertiary/aromatic N) is 2. The standard InChI is InChI=1S/C58H42N2Si/c1-6-18-45(19-7-1)54-40-55(61(51-24-10-3-11-25-51,52-26-12-4-13-27-52)53-28-14-5-15-29-53)57(47-34-30-43(31-35-47)49-22-16-38-59-41-49)58(56(54)46-20-8-2-9-21-46)48-36-32-44(33-37-48)50-23-17-39-60-42-50/h1-42H. The number of benzene rings is 8. The predicted molar refractivity (Wildman–Crippen MR) is 258 cm³/mol. The lowest BCUT2D eigenvalue weighted by Crippen LogP contribution is -2.75. The van der Waals surface area contributed by atoms with Gasteiger partial charge in [-0.3, -0.25) is 9.97 Å². The van der Waals surface area contributed by atoms with Gasteiger partial charge in [-0.05, 0) is 99.6 Å². The normalized spacial score (nSPS) is 11.3. The monoisotopic (exact) mass is 794 g/mol. The van der Waals surface area contributed by atoms with Crippen LogP contribution in [0.1, 0.15) is 0 Å². The molecule has 0 saturated carbocycles. The van der Waals surface area contributed by atoms with Gasteiger partial charge in [-0.2, -0.15) is 0 Å². The molecule has 0 aliphatic carbocycles. The first-order valence-electron chi connectivity index (χ1n) is 20.8. The van der Waals surface area contributed by atoms with Crippen LogP contribution in [-0.4, -0.2) is 18.0 Å². The lowest BCUT2D eigenvalue weighted by molar-refractivity contribution is 1.33. The first-order chi connectivity index (χ1) is 30.3. The summed E-state index contributed by atoms with van der Waals surface area (Å²) in [7, 11) is -3.14. The molecule has 10 aromatic rings. The topological polar surface area (TPSA) is 25.8 Å². The molecular formula is C58H42N2Si. The van der Waals surface area contributed by atoms with Crippen LogP contribution in [0.25, 0.3) is 66.8 Å². The van der Waals surface area contributed by atoms with Gasteiger partial charge in [0.15, 0.2) is 8.07 Å². The van der Waals surface area contributed by atoms with Crippen molar-refractivity contribution >= 4 is 28.8 Å². The van der Waals surface area contributed by atoms with Gasteiger partial charge in [0.05, 0.1) is 0 Å². The highest BCUT2D eigenvalue weighted by Crippen LogP contribution is 2.46. The molecular weight excluding hydrogens is 753 g/mol. The fourth-order valence-electron chi connectivity index (χ4n) is 9.07. The van der Waals surface area contributed by atoms with E-state index in [0.29, 0.717) is 0 Å². The van der Waals surface area contributed by atoms with Crippen molar-refractivity contribution in [3.8, 4) is 66.8 Å². The Morgan fingerprint density at radius 3 is 1.02 bits per heavy atom. The molecule has 0 N–H and O–H groups in total. The fourth-order valence-corrected chi connectivity index (χ4v) is 14.1. The Balaban J connectivity index is 1.42. The van der Waals surface area contributed by atoms with Crippen LogP contribution in [0.5, 0.6) is 0 Å². The third kappa shape index (κ3) is 7.12. The molecule has 61 heavy (non-hydrogen) atoms. The van der Waals surface area contributed by atoms with E-state index >= 15 is 0 Å². The Bertz CT molecular complexity index is 2900. The molecule has 0 aliphatic heterocycles. The molecule has 0 radical (unpaired) electrons. The SMILES string of the molecule is c1ccc(-c2cc([Si](c3ccccc3)(c3ccccc3)c3ccccc3)c(-c3ccc(-c4cccnc4)cc3)c(-c3ccc(-c4cccnc4)cc3)c2-c2ccccc2)cc1. The molecule has 0 unspecified atom stereocenters. The maximum absolute atomic E-state index is 4.46. The summed E-state index contributed by atoms with van der Waals surface area (Å²) in [6, 6.07) is 84.8. The van der Waals surface area contributed by atoms with Gasteiger partial charge in [0.2, 0.25) is 0 Å². The summed E-state index contributed by atoms with van der Waals surface area (Å²) >= 11 is 0. The summed E-state index contributed by atoms with van der Waals surface area (Å²) in [5.74, 6) is 0. The smallest absolute Gasteiger partial charge is 0.180 e. The van der Waals surface area contributed by atoms with Crippen LogP contribution in [0.4, 0.5) is 0 Å². The largest absolute Gasteiger partial charge is 0.264 e. The zero-order chi connectivity index (χ0) is 40.9. The van der Waals surface area contributed by atoms with Crippen molar-refractivity contribution in [2.45, 2.75) is 0 Å². The number of hydrogen-bond donors (Lipinski definition) is 0. The van der Waals surface area contributed by atoms with E-state index in [0.717, 1.165) is 33.4 Å². The zero-order valence-corrected chi connectivity index (χ0v) is 34.6. The quantitative estimate of drug-likeness (QED) is 0.102. The van der Waals surface area contributed by atoms with Crippen molar-refractivity contribution in [2.75, 3.05) is 0 Å². The van der Waals surface area contributed by atoms with Gasteiger partial charge in [0.25, 0.3) is 0 Å². The minimum Gasteiger partial charge on any atom is -0.264 e. The molecule has 10 rings (SSSR count). The number of hydrogen-bond acceptors (Lipinski definition) is 2. The van der Waals surface area contributed by atoms with Crippen molar-refractivity contribution in [1.29, 1.82) is 0 Å². The number of pyridine rings is 2. The average Bonchev–Trinajstić information content (AvgIpc) is 3.36. The van der Waals surface area contributed by atoms with E-state index in [9.17, 15) is 0 Å². The van der Waals surface area contributed by atoms with E-state index in [1.165, 1.54) is 54.1 Å². The zero-order valence-electron chi connectivity index (χ0n) is 33.6. The summed E-state index contributed by atoms with van der Waals surface area (Å²) in [4.78, 5) is 8.91. The number of rotatable bonds is 10. The van der Waals surface area contributed by atoms with Gasteiger partial charge in [0.1, 0.15) is 0 Å². The van der Waals surface area contributed by atoms with Crippen molar-refractivity contribution in [1.82, 2.24) is 9.97 Å². The molecule has 0 bridgehead atoms. The van der Waals surface area contributed by atoms with Crippen molar-refractivity contribution in [3.63, 3.8) is 0 Å². The van der Waals surface area contributed by atoms with E-state index in [2.05, 4.69) is 228 Å². The molecule has 0 spiro atoms. The van der Waals surface area contributed by atoms with Crippen molar-refractivity contribution in [2.24, 2.45) is 0 Å². The fraction of sp³-hybridized carbons (Fsp3) is 0. The molecule has 3 heteroatoms. The maximum Gasteiger partial charge on any atom is 0.180 e. The Hall–Kier alpha value is -7.72. The van der Waals surface area contributed by atoms with Gasteiger partial charge in [-0.25, -0.2) is 0 Å². The van der Waals surface area contributed by atoms with Crippen LogP contribution in [0.15, 0.2) is 255 Å². The average molecular weight is 795 g/mol. The molecule has 0 saturated heterocycles. The maximum atomic E-state index is 4.46. The van der Waals surface area contributed by atoms with Crippen molar-refractivity contribution < 1.29 is 0 Å². The summed E-state index contributed by atoms with van der Waals surface area (Å²) < 4.78 is 0. The molecule has 288 valence electrons. The van der Waals surface area contributed by atoms with Crippen LogP contribution in [0.3, 0.4) is 0 Å². The second-order valence-electron chi connectivity index (χ2n) is 15.3. The summed E-state index contributed by atoms with van der Waals surface area (Å²) in [6.45, 7) is 0. The minimum absolute atomic E-state index is 1.09. The lowest BCUT2D eigenvalue weighted by atomic mass is 9.82. The van der Waals surface area contributed by atoms with Crippen LogP contribution >= 0.6 is 0 Å². The van der Waals surface area contributed by atoms with E-state index in [4.69, 9.17) is 0 Å². The molecule has 8 aromatic carbocycles. The molecule has 2 nitrogen and oxygen atoms in total. The van der Waals surface area contributed by atoms with Gasteiger partial charge in [0, 0.05) is 24.8 Å². The summed E-state index contributed by atoms with van der Waals surface area (Å²) in [5.41, 5.74) is 13.9. The Morgan fingerprint density at radius 1 is 0.262 bits per heavy atom. The summed E-state index contributed by atoms with van der Waals surface area (Å²) in [5, 5.41) is 5.30. The van der Waals surface area contributed by atoms with Gasteiger partial charge < -0.3 is 0 Å². The van der Waals surface area contributed by atoms with Crippen LogP contribution in [0, 0.1) is 0 Å². The van der Waals surface area contributed by atoms with Gasteiger partial charge >= 0.3 is 0 Å². The van der Waals surface area contributed by atoms with E-state index in [1.54, 1.807) is 0 Å². The Morgan fingerprint density at radius 2 is 0.607 bits per heavy atom.